The van der Waals surface area contributed by atoms with E-state index in [1.807, 2.05) is 0 Å². The normalized spacial score (nSPS) is 29.7. The smallest absolute Gasteiger partial charge is 0.243 e. The summed E-state index contributed by atoms with van der Waals surface area (Å²) in [4.78, 5) is 13.8. The maximum Gasteiger partial charge on any atom is 0.243 e. The van der Waals surface area contributed by atoms with Crippen molar-refractivity contribution < 1.29 is 14.6 Å². The van der Waals surface area contributed by atoms with Crippen LogP contribution in [-0.2, 0) is 9.53 Å². The Morgan fingerprint density at radius 1 is 1.60 bits per heavy atom. The van der Waals surface area contributed by atoms with Crippen LogP contribution in [-0.4, -0.2) is 53.9 Å². The van der Waals surface area contributed by atoms with Crippen molar-refractivity contribution in [2.75, 3.05) is 26.4 Å². The van der Waals surface area contributed by atoms with Gasteiger partial charge in [0.15, 0.2) is 0 Å². The zero-order valence-corrected chi connectivity index (χ0v) is 8.82. The van der Waals surface area contributed by atoms with E-state index >= 15 is 0 Å². The minimum absolute atomic E-state index is 0.0175. The van der Waals surface area contributed by atoms with Crippen LogP contribution in [0.2, 0.25) is 0 Å². The van der Waals surface area contributed by atoms with Gasteiger partial charge in [-0.25, -0.2) is 0 Å². The van der Waals surface area contributed by atoms with Gasteiger partial charge in [-0.3, -0.25) is 4.79 Å². The molecule has 0 radical (unpaired) electrons. The van der Waals surface area contributed by atoms with Gasteiger partial charge in [0.05, 0.1) is 31.4 Å². The first-order valence-corrected chi connectivity index (χ1v) is 5.46. The number of amides is 1. The highest BCUT2D eigenvalue weighted by Crippen LogP contribution is 2.31. The van der Waals surface area contributed by atoms with Crippen molar-refractivity contribution in [3.8, 4) is 0 Å². The number of aliphatic hydroxyl groups is 1. The summed E-state index contributed by atoms with van der Waals surface area (Å²) in [5, 5.41) is 9.15. The molecule has 0 aromatic heterocycles. The third-order valence-electron chi connectivity index (χ3n) is 3.37. The molecule has 0 bridgehead atoms. The summed E-state index contributed by atoms with van der Waals surface area (Å²) in [7, 11) is 0. The second-order valence-corrected chi connectivity index (χ2v) is 4.42. The van der Waals surface area contributed by atoms with E-state index in [1.165, 1.54) is 0 Å². The van der Waals surface area contributed by atoms with E-state index < -0.39 is 5.54 Å². The molecule has 2 rings (SSSR count). The lowest BCUT2D eigenvalue weighted by atomic mass is 9.76. The van der Waals surface area contributed by atoms with Crippen molar-refractivity contribution >= 4 is 5.91 Å². The summed E-state index contributed by atoms with van der Waals surface area (Å²) in [5.74, 6) is -0.0175. The van der Waals surface area contributed by atoms with Crippen molar-refractivity contribution in [3.63, 3.8) is 0 Å². The predicted octanol–water partition coefficient (Wildman–Crippen LogP) is -0.913. The Bertz CT molecular complexity index is 253. The molecular weight excluding hydrogens is 196 g/mol. The molecule has 5 heteroatoms. The summed E-state index contributed by atoms with van der Waals surface area (Å²) >= 11 is 0. The lowest BCUT2D eigenvalue weighted by Gasteiger charge is -2.44. The molecule has 1 amide bonds. The van der Waals surface area contributed by atoms with Crippen LogP contribution in [0.5, 0.6) is 0 Å². The van der Waals surface area contributed by atoms with Crippen molar-refractivity contribution in [2.45, 2.75) is 30.8 Å². The summed E-state index contributed by atoms with van der Waals surface area (Å²) in [5.41, 5.74) is 5.32. The van der Waals surface area contributed by atoms with E-state index in [1.54, 1.807) is 4.90 Å². The molecule has 1 unspecified atom stereocenters. The van der Waals surface area contributed by atoms with Gasteiger partial charge in [-0.1, -0.05) is 0 Å². The molecule has 1 atom stereocenters. The fourth-order valence-electron chi connectivity index (χ4n) is 2.13. The van der Waals surface area contributed by atoms with Gasteiger partial charge in [0.2, 0.25) is 5.91 Å². The molecule has 1 saturated heterocycles. The number of nitrogens with zero attached hydrogens (tertiary/aromatic N) is 1. The van der Waals surface area contributed by atoms with E-state index in [4.69, 9.17) is 15.6 Å². The molecule has 5 nitrogen and oxygen atoms in total. The highest BCUT2D eigenvalue weighted by molar-refractivity contribution is 5.87. The summed E-state index contributed by atoms with van der Waals surface area (Å²) in [6.07, 6.45) is 2.55. The number of hydrogen-bond acceptors (Lipinski definition) is 4. The van der Waals surface area contributed by atoms with Gasteiger partial charge in [-0.2, -0.15) is 0 Å². The zero-order valence-electron chi connectivity index (χ0n) is 8.82. The molecule has 0 aromatic carbocycles. The summed E-state index contributed by atoms with van der Waals surface area (Å²) in [6.45, 7) is 1.45. The Balaban J connectivity index is 2.03. The molecular formula is C10H18N2O3. The average Bonchev–Trinajstić information content (AvgIpc) is 2.25. The molecule has 0 spiro atoms. The van der Waals surface area contributed by atoms with Gasteiger partial charge in [-0.05, 0) is 19.3 Å². The van der Waals surface area contributed by atoms with E-state index in [-0.39, 0.29) is 18.6 Å². The lowest BCUT2D eigenvalue weighted by molar-refractivity contribution is -0.150. The predicted molar refractivity (Wildman–Crippen MR) is 54.2 cm³/mol. The first kappa shape index (κ1) is 10.9. The zero-order chi connectivity index (χ0) is 10.9. The van der Waals surface area contributed by atoms with Crippen molar-refractivity contribution in [3.05, 3.63) is 0 Å². The number of carbonyl (C=O) groups is 1. The fraction of sp³-hybridized carbons (Fsp3) is 0.900. The molecule has 2 aliphatic rings. The number of nitrogens with two attached hydrogens (primary N) is 1. The minimum atomic E-state index is -0.662. The van der Waals surface area contributed by atoms with Gasteiger partial charge in [-0.15, -0.1) is 0 Å². The van der Waals surface area contributed by atoms with Crippen LogP contribution in [0.1, 0.15) is 19.3 Å². The second kappa shape index (κ2) is 4.08. The highest BCUT2D eigenvalue weighted by atomic mass is 16.5. The molecule has 1 heterocycles. The van der Waals surface area contributed by atoms with Gasteiger partial charge in [0.25, 0.3) is 0 Å². The number of carbonyl (C=O) groups excluding carboxylic acids is 1. The third kappa shape index (κ3) is 1.87. The Labute approximate surface area is 89.2 Å². The molecule has 86 valence electrons. The van der Waals surface area contributed by atoms with Gasteiger partial charge in [0, 0.05) is 6.54 Å². The lowest BCUT2D eigenvalue weighted by Crippen LogP contribution is -2.64. The van der Waals surface area contributed by atoms with Gasteiger partial charge < -0.3 is 20.5 Å². The topological polar surface area (TPSA) is 75.8 Å². The van der Waals surface area contributed by atoms with Gasteiger partial charge in [0.1, 0.15) is 0 Å². The fourth-order valence-corrected chi connectivity index (χ4v) is 2.13. The van der Waals surface area contributed by atoms with Gasteiger partial charge >= 0.3 is 0 Å². The molecule has 1 aliphatic carbocycles. The van der Waals surface area contributed by atoms with Crippen LogP contribution in [0, 0.1) is 0 Å². The number of morpholine rings is 1. The first-order valence-electron chi connectivity index (χ1n) is 5.46. The number of rotatable bonds is 2. The molecule has 15 heavy (non-hydrogen) atoms. The van der Waals surface area contributed by atoms with Crippen LogP contribution in [0.25, 0.3) is 0 Å². The van der Waals surface area contributed by atoms with Crippen molar-refractivity contribution in [2.24, 2.45) is 5.73 Å². The van der Waals surface area contributed by atoms with E-state index in [0.29, 0.717) is 19.8 Å². The molecule has 3 N–H and O–H groups in total. The number of hydrogen-bond donors (Lipinski definition) is 2. The molecule has 1 saturated carbocycles. The second-order valence-electron chi connectivity index (χ2n) is 4.42. The third-order valence-corrected chi connectivity index (χ3v) is 3.37. The molecule has 1 aliphatic heterocycles. The molecule has 0 aromatic rings. The van der Waals surface area contributed by atoms with Crippen molar-refractivity contribution in [1.82, 2.24) is 4.90 Å². The molecule has 2 fully saturated rings. The van der Waals surface area contributed by atoms with Crippen LogP contribution in [0.3, 0.4) is 0 Å². The Morgan fingerprint density at radius 2 is 2.33 bits per heavy atom. The van der Waals surface area contributed by atoms with Crippen LogP contribution < -0.4 is 5.73 Å². The van der Waals surface area contributed by atoms with Crippen LogP contribution in [0.15, 0.2) is 0 Å². The largest absolute Gasteiger partial charge is 0.394 e. The Kier molecular flexibility index (Phi) is 2.95. The maximum atomic E-state index is 12.1. The van der Waals surface area contributed by atoms with Crippen LogP contribution in [0.4, 0.5) is 0 Å². The summed E-state index contributed by atoms with van der Waals surface area (Å²) in [6, 6.07) is -0.215. The SMILES string of the molecule is NC1(C(=O)N2CCOCC2CO)CCC1. The number of aliphatic hydroxyl groups excluding tert-OH is 1. The average molecular weight is 214 g/mol. The standard InChI is InChI=1S/C10H18N2O3/c11-10(2-1-3-10)9(14)12-4-5-15-7-8(12)6-13/h8,13H,1-7,11H2. The monoisotopic (exact) mass is 214 g/mol. The first-order chi connectivity index (χ1) is 7.17. The maximum absolute atomic E-state index is 12.1. The highest BCUT2D eigenvalue weighted by Gasteiger charge is 2.44. The summed E-state index contributed by atoms with van der Waals surface area (Å²) < 4.78 is 5.22. The Morgan fingerprint density at radius 3 is 2.87 bits per heavy atom. The quantitative estimate of drug-likeness (QED) is 0.624. The van der Waals surface area contributed by atoms with E-state index in [2.05, 4.69) is 0 Å². The van der Waals surface area contributed by atoms with Crippen molar-refractivity contribution in [1.29, 1.82) is 0 Å². The van der Waals surface area contributed by atoms with Crippen LogP contribution >= 0.6 is 0 Å². The Hall–Kier alpha value is -0.650. The van der Waals surface area contributed by atoms with E-state index in [9.17, 15) is 4.79 Å². The minimum Gasteiger partial charge on any atom is -0.394 e. The number of ether oxygens (including phenoxy) is 1. The van der Waals surface area contributed by atoms with E-state index in [0.717, 1.165) is 19.3 Å².